The molecule has 0 atom stereocenters. The maximum atomic E-state index is 10.8. The van der Waals surface area contributed by atoms with Gasteiger partial charge in [0.1, 0.15) is 6.61 Å². The van der Waals surface area contributed by atoms with E-state index in [1.807, 2.05) is 18.2 Å². The molecule has 0 aliphatic rings. The van der Waals surface area contributed by atoms with E-state index in [0.29, 0.717) is 27.4 Å². The smallest absolute Gasteiger partial charge is 0.270 e. The lowest BCUT2D eigenvalue weighted by molar-refractivity contribution is -0.384. The fourth-order valence-electron chi connectivity index (χ4n) is 2.16. The van der Waals surface area contributed by atoms with Crippen molar-refractivity contribution in [1.29, 1.82) is 0 Å². The van der Waals surface area contributed by atoms with Gasteiger partial charge in [-0.3, -0.25) is 10.1 Å². The minimum atomic E-state index is -0.501. The molecule has 0 spiro atoms. The highest BCUT2D eigenvalue weighted by molar-refractivity contribution is 6.33. The van der Waals surface area contributed by atoms with Crippen LogP contribution in [0.15, 0.2) is 47.6 Å². The lowest BCUT2D eigenvalue weighted by atomic mass is 10.2. The van der Waals surface area contributed by atoms with Crippen molar-refractivity contribution in [3.63, 3.8) is 0 Å². The van der Waals surface area contributed by atoms with E-state index < -0.39 is 4.92 Å². The van der Waals surface area contributed by atoms with Gasteiger partial charge >= 0.3 is 0 Å². The molecule has 8 heteroatoms. The van der Waals surface area contributed by atoms with Crippen molar-refractivity contribution in [2.75, 3.05) is 0 Å². The van der Waals surface area contributed by atoms with Crippen molar-refractivity contribution < 1.29 is 10.0 Å². The highest BCUT2D eigenvalue weighted by Gasteiger charge is 2.10. The number of nitrogens with zero attached hydrogens (tertiary/aromatic N) is 4. The molecule has 116 valence electrons. The quantitative estimate of drug-likeness (QED) is 0.452. The Kier molecular flexibility index (Phi) is 4.05. The number of aromatic nitrogens is 2. The molecule has 0 saturated heterocycles. The molecule has 23 heavy (non-hydrogen) atoms. The molecule has 1 N–H and O–H groups in total. The minimum Gasteiger partial charge on any atom is -0.388 e. The van der Waals surface area contributed by atoms with Gasteiger partial charge in [-0.05, 0) is 18.2 Å². The summed E-state index contributed by atoms with van der Waals surface area (Å²) >= 11 is 6.04. The van der Waals surface area contributed by atoms with Gasteiger partial charge in [0.2, 0.25) is 0 Å². The monoisotopic (exact) mass is 330 g/mol. The second kappa shape index (κ2) is 6.15. The van der Waals surface area contributed by atoms with Crippen LogP contribution in [0.2, 0.25) is 5.02 Å². The third kappa shape index (κ3) is 2.92. The van der Waals surface area contributed by atoms with E-state index in [9.17, 15) is 15.2 Å². The summed E-state index contributed by atoms with van der Waals surface area (Å²) < 4.78 is 1.48. The number of hydrogen-bond donors (Lipinski definition) is 1. The predicted octanol–water partition coefficient (Wildman–Crippen LogP) is 2.97. The highest BCUT2D eigenvalue weighted by atomic mass is 35.5. The van der Waals surface area contributed by atoms with Gasteiger partial charge in [-0.2, -0.15) is 5.10 Å². The molecule has 1 aromatic heterocycles. The number of nitro benzene ring substituents is 1. The number of nitro groups is 1. The number of halogens is 1. The van der Waals surface area contributed by atoms with Crippen LogP contribution in [-0.2, 0) is 6.61 Å². The standard InChI is InChI=1S/C15H11ClN4O3/c16-12-6-5-11(20(22)23)7-10(12)8-17-19-14-4-2-1-3-13(14)18-15(19)9-21/h1-8,21H,9H2/b17-8-. The first-order valence-electron chi connectivity index (χ1n) is 6.65. The summed E-state index contributed by atoms with van der Waals surface area (Å²) in [5.41, 5.74) is 1.74. The molecule has 0 radical (unpaired) electrons. The third-order valence-corrected chi connectivity index (χ3v) is 3.59. The lowest BCUT2D eigenvalue weighted by Crippen LogP contribution is -1.99. The van der Waals surface area contributed by atoms with Crippen LogP contribution in [0.4, 0.5) is 5.69 Å². The molecular weight excluding hydrogens is 320 g/mol. The molecule has 2 aromatic carbocycles. The predicted molar refractivity (Wildman–Crippen MR) is 86.8 cm³/mol. The largest absolute Gasteiger partial charge is 0.388 e. The van der Waals surface area contributed by atoms with Gasteiger partial charge in [0, 0.05) is 22.7 Å². The van der Waals surface area contributed by atoms with Crippen LogP contribution in [0.25, 0.3) is 11.0 Å². The van der Waals surface area contributed by atoms with Crippen molar-refractivity contribution in [3.05, 3.63) is 69.0 Å². The van der Waals surface area contributed by atoms with Crippen LogP contribution in [0, 0.1) is 10.1 Å². The van der Waals surface area contributed by atoms with Crippen molar-refractivity contribution in [2.45, 2.75) is 6.61 Å². The molecule has 3 rings (SSSR count). The summed E-state index contributed by atoms with van der Waals surface area (Å²) in [5.74, 6) is 0.365. The van der Waals surface area contributed by atoms with Crippen LogP contribution >= 0.6 is 11.6 Å². The maximum Gasteiger partial charge on any atom is 0.270 e. The molecule has 0 bridgehead atoms. The summed E-state index contributed by atoms with van der Waals surface area (Å²) in [7, 11) is 0. The second-order valence-electron chi connectivity index (χ2n) is 4.69. The fraction of sp³-hybridized carbons (Fsp3) is 0.0667. The van der Waals surface area contributed by atoms with Crippen LogP contribution in [0.1, 0.15) is 11.4 Å². The Hall–Kier alpha value is -2.77. The molecule has 0 amide bonds. The van der Waals surface area contributed by atoms with Gasteiger partial charge in [-0.25, -0.2) is 9.66 Å². The van der Waals surface area contributed by atoms with Crippen molar-refractivity contribution in [1.82, 2.24) is 9.66 Å². The van der Waals surface area contributed by atoms with Gasteiger partial charge in [-0.1, -0.05) is 23.7 Å². The summed E-state index contributed by atoms with van der Waals surface area (Å²) in [6, 6.07) is 11.4. The first-order chi connectivity index (χ1) is 11.1. The molecule has 0 unspecified atom stereocenters. The Balaban J connectivity index is 2.07. The summed E-state index contributed by atoms with van der Waals surface area (Å²) in [6.07, 6.45) is 1.41. The van der Waals surface area contributed by atoms with E-state index in [1.54, 1.807) is 6.07 Å². The van der Waals surface area contributed by atoms with Gasteiger partial charge < -0.3 is 5.11 Å². The van der Waals surface area contributed by atoms with E-state index in [4.69, 9.17) is 11.6 Å². The summed E-state index contributed by atoms with van der Waals surface area (Å²) in [5, 5.41) is 24.9. The van der Waals surface area contributed by atoms with E-state index in [-0.39, 0.29) is 12.3 Å². The molecule has 0 saturated carbocycles. The number of rotatable bonds is 4. The van der Waals surface area contributed by atoms with Crippen molar-refractivity contribution >= 4 is 34.5 Å². The number of hydrogen-bond acceptors (Lipinski definition) is 5. The van der Waals surface area contributed by atoms with Gasteiger partial charge in [0.15, 0.2) is 5.82 Å². The van der Waals surface area contributed by atoms with Gasteiger partial charge in [0.05, 0.1) is 22.2 Å². The molecule has 3 aromatic rings. The maximum absolute atomic E-state index is 10.8. The normalized spacial score (nSPS) is 11.4. The van der Waals surface area contributed by atoms with Crippen molar-refractivity contribution in [2.24, 2.45) is 5.10 Å². The summed E-state index contributed by atoms with van der Waals surface area (Å²) in [4.78, 5) is 14.6. The zero-order valence-corrected chi connectivity index (χ0v) is 12.5. The van der Waals surface area contributed by atoms with E-state index in [1.165, 1.54) is 29.1 Å². The Morgan fingerprint density at radius 2 is 2.13 bits per heavy atom. The molecule has 1 heterocycles. The average Bonchev–Trinajstić information content (AvgIpc) is 2.91. The zero-order chi connectivity index (χ0) is 16.4. The molecule has 0 aliphatic carbocycles. The number of non-ortho nitro benzene ring substituents is 1. The Labute approximate surface area is 135 Å². The SMILES string of the molecule is O=[N+]([O-])c1ccc(Cl)c(/C=N\n2c(CO)nc3ccccc32)c1. The number of aliphatic hydroxyl groups is 1. The molecular formula is C15H11ClN4O3. The third-order valence-electron chi connectivity index (χ3n) is 3.25. The van der Waals surface area contributed by atoms with Gasteiger partial charge in [0.25, 0.3) is 5.69 Å². The minimum absolute atomic E-state index is 0.0753. The number of benzene rings is 2. The second-order valence-corrected chi connectivity index (χ2v) is 5.10. The highest BCUT2D eigenvalue weighted by Crippen LogP contribution is 2.21. The molecule has 0 fully saturated rings. The van der Waals surface area contributed by atoms with E-state index >= 15 is 0 Å². The number of aliphatic hydroxyl groups excluding tert-OH is 1. The topological polar surface area (TPSA) is 93.5 Å². The Morgan fingerprint density at radius 3 is 2.87 bits per heavy atom. The first-order valence-corrected chi connectivity index (χ1v) is 7.03. The van der Waals surface area contributed by atoms with Crippen molar-refractivity contribution in [3.8, 4) is 0 Å². The summed E-state index contributed by atoms with van der Waals surface area (Å²) in [6.45, 7) is -0.283. The first kappa shape index (κ1) is 15.1. The zero-order valence-electron chi connectivity index (χ0n) is 11.8. The average molecular weight is 331 g/mol. The molecule has 7 nitrogen and oxygen atoms in total. The number of para-hydroxylation sites is 2. The Morgan fingerprint density at radius 1 is 1.35 bits per heavy atom. The van der Waals surface area contributed by atoms with Gasteiger partial charge in [-0.15, -0.1) is 0 Å². The van der Waals surface area contributed by atoms with E-state index in [2.05, 4.69) is 10.1 Å². The lowest BCUT2D eigenvalue weighted by Gasteiger charge is -2.01. The fourth-order valence-corrected chi connectivity index (χ4v) is 2.32. The number of fused-ring (bicyclic) bond motifs is 1. The van der Waals surface area contributed by atoms with Crippen LogP contribution in [0.3, 0.4) is 0 Å². The Bertz CT molecular complexity index is 920. The molecule has 0 aliphatic heterocycles. The van der Waals surface area contributed by atoms with Crippen LogP contribution in [0.5, 0.6) is 0 Å². The van der Waals surface area contributed by atoms with E-state index in [0.717, 1.165) is 0 Å². The van der Waals surface area contributed by atoms with Crippen LogP contribution in [-0.4, -0.2) is 25.9 Å². The number of imidazole rings is 1. The van der Waals surface area contributed by atoms with Crippen LogP contribution < -0.4 is 0 Å².